The molecule has 4 heavy (non-hydrogen) atoms. The van der Waals surface area contributed by atoms with E-state index in [1.54, 1.807) is 0 Å². The standard InChI is InChI=1S/As.In.P.Sb. The van der Waals surface area contributed by atoms with Crippen LogP contribution in [0.2, 0.25) is 0 Å². The van der Waals surface area contributed by atoms with Gasteiger partial charge in [0.15, 0.2) is 0 Å². The molecule has 0 heterocycles. The van der Waals surface area contributed by atoms with Gasteiger partial charge in [-0.3, -0.25) is 0 Å². The molecule has 0 unspecified atom stereocenters. The van der Waals surface area contributed by atoms with E-state index in [2.05, 4.69) is 0 Å². The number of hydrogen-bond acceptors (Lipinski definition) is 0. The third-order valence-corrected chi connectivity index (χ3v) is 0. The molecule has 0 saturated heterocycles. The Balaban J connectivity index is 0. The summed E-state index contributed by atoms with van der Waals surface area (Å²) in [5.41, 5.74) is 0. The maximum absolute atomic E-state index is 0. The van der Waals surface area contributed by atoms with E-state index in [1.165, 1.54) is 0 Å². The molecule has 0 aromatic carbocycles. The molecule has 0 atom stereocenters. The first-order chi connectivity index (χ1) is 0. The Kier molecular flexibility index (Phi) is 130. The zero-order valence-corrected chi connectivity index (χ0v) is 10.5. The van der Waals surface area contributed by atoms with Crippen molar-refractivity contribution >= 4 is 78.1 Å². The molecule has 0 fully saturated rings. The van der Waals surface area contributed by atoms with Gasteiger partial charge in [-0.2, -0.15) is 0 Å². The van der Waals surface area contributed by atoms with Crippen LogP contribution in [0.1, 0.15) is 0 Å². The molecule has 0 aliphatic heterocycles. The van der Waals surface area contributed by atoms with E-state index in [4.69, 9.17) is 0 Å². The van der Waals surface area contributed by atoms with Gasteiger partial charge in [-0.15, -0.1) is 0 Å². The largest absolute Gasteiger partial charge is 0 e. The molecule has 12 radical (unpaired) electrons. The van der Waals surface area contributed by atoms with Crippen molar-refractivity contribution in [3.8, 4) is 0 Å². The predicted molar refractivity (Wildman–Crippen MR) is 24.2 cm³/mol. The maximum Gasteiger partial charge on any atom is 0 e. The van der Waals surface area contributed by atoms with Crippen LogP contribution < -0.4 is 0 Å². The van der Waals surface area contributed by atoms with Crippen molar-refractivity contribution in [2.75, 3.05) is 0 Å². The number of rotatable bonds is 0. The maximum atomic E-state index is 0. The van der Waals surface area contributed by atoms with E-state index in [-0.39, 0.29) is 78.1 Å². The molecule has 0 rings (SSSR count). The van der Waals surface area contributed by atoms with Crippen LogP contribution in [0, 0.1) is 0 Å². The van der Waals surface area contributed by atoms with Crippen LogP contribution in [0.4, 0.5) is 0 Å². The summed E-state index contributed by atoms with van der Waals surface area (Å²) in [5.74, 6) is 0. The Morgan fingerprint density at radius 1 is 1.00 bits per heavy atom. The molecule has 0 saturated carbocycles. The molecular formula is AsInPSb. The van der Waals surface area contributed by atoms with Gasteiger partial charge in [-0.25, -0.2) is 0 Å². The SMILES string of the molecule is [As].[In].[P].[Sb]. The minimum absolute atomic E-state index is 0. The fourth-order valence-electron chi connectivity index (χ4n) is 0. The molecule has 18 valence electrons. The average Bonchev–Trinajstić information content (AvgIpc) is 0. The first-order valence-electron chi connectivity index (χ1n) is 0. The van der Waals surface area contributed by atoms with Crippen molar-refractivity contribution < 1.29 is 0 Å². The van der Waals surface area contributed by atoms with E-state index >= 15 is 0 Å². The summed E-state index contributed by atoms with van der Waals surface area (Å²) < 4.78 is 0. The Labute approximate surface area is 77.0 Å². The van der Waals surface area contributed by atoms with Crippen molar-refractivity contribution in [2.45, 2.75) is 0 Å². The zero-order chi connectivity index (χ0) is 0. The Hall–Kier alpha value is 2.68. The van der Waals surface area contributed by atoms with Gasteiger partial charge in [-0.1, -0.05) is 0 Å². The molecule has 0 aliphatic rings. The molecule has 0 amide bonds. The molecule has 0 bridgehead atoms. The molecule has 0 aliphatic carbocycles. The predicted octanol–water partition coefficient (Wildman–Crippen LogP) is -0.281. The minimum atomic E-state index is 0. The summed E-state index contributed by atoms with van der Waals surface area (Å²) in [4.78, 5) is 0. The second kappa shape index (κ2) is 17.3. The fourth-order valence-corrected chi connectivity index (χ4v) is 0. The summed E-state index contributed by atoms with van der Waals surface area (Å²) >= 11 is 0. The van der Waals surface area contributed by atoms with Crippen LogP contribution in [0.3, 0.4) is 0 Å². The monoisotopic (exact) mass is 342 g/mol. The van der Waals surface area contributed by atoms with E-state index < -0.39 is 0 Å². The van der Waals surface area contributed by atoms with Gasteiger partial charge >= 0.3 is 0 Å². The van der Waals surface area contributed by atoms with Crippen LogP contribution >= 0.6 is 9.90 Å². The summed E-state index contributed by atoms with van der Waals surface area (Å²) in [6.07, 6.45) is 0. The Morgan fingerprint density at radius 2 is 1.00 bits per heavy atom. The Bertz CT molecular complexity index is 8.00. The third kappa shape index (κ3) is 8.82. The Morgan fingerprint density at radius 3 is 1.00 bits per heavy atom. The average molecular weight is 342 g/mol. The summed E-state index contributed by atoms with van der Waals surface area (Å²) in [6.45, 7) is 0. The van der Waals surface area contributed by atoms with Crippen molar-refractivity contribution in [2.24, 2.45) is 0 Å². The molecular weight excluding hydrogens is 342 g/mol. The summed E-state index contributed by atoms with van der Waals surface area (Å²) in [7, 11) is 0. The molecule has 0 nitrogen and oxygen atoms in total. The second-order valence-corrected chi connectivity index (χ2v) is 0. The van der Waals surface area contributed by atoms with Crippen molar-refractivity contribution in [1.82, 2.24) is 0 Å². The van der Waals surface area contributed by atoms with Gasteiger partial charge in [0.05, 0.1) is 0 Å². The van der Waals surface area contributed by atoms with Crippen LogP contribution in [0.5, 0.6) is 0 Å². The van der Waals surface area contributed by atoms with Crippen LogP contribution in [0.15, 0.2) is 0 Å². The first kappa shape index (κ1) is 30.0. The summed E-state index contributed by atoms with van der Waals surface area (Å²) in [5, 5.41) is 0. The normalized spacial score (nSPS) is 0. The van der Waals surface area contributed by atoms with E-state index in [0.29, 0.717) is 0 Å². The molecule has 0 aromatic heterocycles. The molecule has 0 N–H and O–H groups in total. The number of hydrogen-bond donors (Lipinski definition) is 0. The fraction of sp³-hybridized carbons (Fsp3) is 0. The van der Waals surface area contributed by atoms with Crippen LogP contribution in [-0.4, -0.2) is 68.2 Å². The third-order valence-electron chi connectivity index (χ3n) is 0. The molecule has 0 aromatic rings. The van der Waals surface area contributed by atoms with E-state index in [0.717, 1.165) is 0 Å². The minimum Gasteiger partial charge on any atom is 0 e. The van der Waals surface area contributed by atoms with Gasteiger partial charge in [0.1, 0.15) is 0 Å². The van der Waals surface area contributed by atoms with Gasteiger partial charge in [0.25, 0.3) is 0 Å². The van der Waals surface area contributed by atoms with E-state index in [1.807, 2.05) is 0 Å². The van der Waals surface area contributed by atoms with Gasteiger partial charge in [-0.05, 0) is 0 Å². The topological polar surface area (TPSA) is 0 Å². The van der Waals surface area contributed by atoms with Crippen molar-refractivity contribution in [3.63, 3.8) is 0 Å². The smallest absolute Gasteiger partial charge is 0 e. The quantitative estimate of drug-likeness (QED) is 0.420. The molecule has 0 spiro atoms. The zero-order valence-electron chi connectivity index (χ0n) is 1.92. The van der Waals surface area contributed by atoms with Crippen molar-refractivity contribution in [1.29, 1.82) is 0 Å². The van der Waals surface area contributed by atoms with Crippen LogP contribution in [-0.2, 0) is 0 Å². The summed E-state index contributed by atoms with van der Waals surface area (Å²) in [6, 6.07) is 0. The van der Waals surface area contributed by atoms with Crippen LogP contribution in [0.25, 0.3) is 0 Å². The van der Waals surface area contributed by atoms with Crippen molar-refractivity contribution in [3.05, 3.63) is 0 Å². The first-order valence-corrected chi connectivity index (χ1v) is 0. The van der Waals surface area contributed by atoms with E-state index in [9.17, 15) is 0 Å². The van der Waals surface area contributed by atoms with Gasteiger partial charge < -0.3 is 0 Å². The van der Waals surface area contributed by atoms with Gasteiger partial charge in [0.2, 0.25) is 0 Å². The van der Waals surface area contributed by atoms with Gasteiger partial charge in [0, 0.05) is 78.1 Å². The second-order valence-electron chi connectivity index (χ2n) is 0. The molecule has 4 heteroatoms.